The van der Waals surface area contributed by atoms with Gasteiger partial charge >= 0.3 is 17.9 Å². The van der Waals surface area contributed by atoms with Gasteiger partial charge in [-0.2, -0.15) is 0 Å². The Kier molecular flexibility index (Phi) is 16.8. The summed E-state index contributed by atoms with van der Waals surface area (Å²) in [6.07, 6.45) is 16.8. The van der Waals surface area contributed by atoms with E-state index in [9.17, 15) is 19.5 Å². The fraction of sp³-hybridized carbons (Fsp3) is 0.889. The molecule has 0 amide bonds. The van der Waals surface area contributed by atoms with E-state index in [0.717, 1.165) is 38.5 Å². The van der Waals surface area contributed by atoms with E-state index in [1.165, 1.54) is 51.4 Å². The molecule has 192 valence electrons. The molecule has 6 heteroatoms. The second-order valence-electron chi connectivity index (χ2n) is 9.64. The Balaban J connectivity index is 2.40. The van der Waals surface area contributed by atoms with Crippen molar-refractivity contribution in [2.75, 3.05) is 13.2 Å². The molecule has 1 N–H and O–H groups in total. The minimum Gasteiger partial charge on any atom is -0.481 e. The predicted molar refractivity (Wildman–Crippen MR) is 130 cm³/mol. The SMILES string of the molecule is CCCCCCCCCOC(=O)C1CCC(C(=O)O)CC1C(=O)OCCCCCCCCC. The van der Waals surface area contributed by atoms with Gasteiger partial charge in [0.2, 0.25) is 0 Å². The molecule has 1 saturated carbocycles. The zero-order valence-corrected chi connectivity index (χ0v) is 21.2. The molecule has 1 aliphatic carbocycles. The number of carboxylic acids is 1. The van der Waals surface area contributed by atoms with Gasteiger partial charge in [0.15, 0.2) is 0 Å². The third-order valence-corrected chi connectivity index (χ3v) is 6.79. The molecule has 1 rings (SSSR count). The third-order valence-electron chi connectivity index (χ3n) is 6.79. The lowest BCUT2D eigenvalue weighted by Crippen LogP contribution is -2.39. The Morgan fingerprint density at radius 2 is 1.06 bits per heavy atom. The molecule has 1 aliphatic rings. The standard InChI is InChI=1S/C27H48O6/c1-3-5-7-9-11-13-15-19-32-26(30)23-18-17-22(25(28)29)21-24(23)27(31)33-20-16-14-12-10-8-6-4-2/h22-24H,3-21H2,1-2H3,(H,28,29). The number of esters is 2. The molecule has 0 heterocycles. The lowest BCUT2D eigenvalue weighted by Gasteiger charge is -2.31. The fourth-order valence-electron chi connectivity index (χ4n) is 4.62. The highest BCUT2D eigenvalue weighted by Crippen LogP contribution is 2.36. The largest absolute Gasteiger partial charge is 0.481 e. The number of ether oxygens (including phenoxy) is 2. The normalized spacial score (nSPS) is 20.4. The molecule has 0 bridgehead atoms. The van der Waals surface area contributed by atoms with Gasteiger partial charge in [-0.15, -0.1) is 0 Å². The molecule has 1 fully saturated rings. The Labute approximate surface area is 201 Å². The van der Waals surface area contributed by atoms with Crippen LogP contribution in [-0.4, -0.2) is 36.2 Å². The zero-order chi connectivity index (χ0) is 24.3. The van der Waals surface area contributed by atoms with Crippen LogP contribution in [0.15, 0.2) is 0 Å². The Bertz CT molecular complexity index is 547. The zero-order valence-electron chi connectivity index (χ0n) is 21.2. The number of rotatable bonds is 19. The van der Waals surface area contributed by atoms with Crippen LogP contribution in [0.1, 0.15) is 123 Å². The Hall–Kier alpha value is -1.59. The average molecular weight is 469 g/mol. The second-order valence-corrected chi connectivity index (χ2v) is 9.64. The van der Waals surface area contributed by atoms with Crippen LogP contribution in [-0.2, 0) is 23.9 Å². The van der Waals surface area contributed by atoms with Crippen molar-refractivity contribution in [2.45, 2.75) is 123 Å². The molecular weight excluding hydrogens is 420 g/mol. The van der Waals surface area contributed by atoms with E-state index in [0.29, 0.717) is 26.1 Å². The molecule has 0 radical (unpaired) electrons. The van der Waals surface area contributed by atoms with E-state index in [4.69, 9.17) is 9.47 Å². The van der Waals surface area contributed by atoms with Crippen molar-refractivity contribution < 1.29 is 29.0 Å². The van der Waals surface area contributed by atoms with E-state index >= 15 is 0 Å². The van der Waals surface area contributed by atoms with Gasteiger partial charge in [0.1, 0.15) is 0 Å². The number of hydrogen-bond acceptors (Lipinski definition) is 5. The minimum absolute atomic E-state index is 0.155. The van der Waals surface area contributed by atoms with Crippen molar-refractivity contribution in [3.8, 4) is 0 Å². The van der Waals surface area contributed by atoms with Crippen LogP contribution < -0.4 is 0 Å². The first kappa shape index (κ1) is 29.4. The summed E-state index contributed by atoms with van der Waals surface area (Å²) in [5.41, 5.74) is 0. The maximum Gasteiger partial charge on any atom is 0.309 e. The lowest BCUT2D eigenvalue weighted by atomic mass is 9.74. The molecule has 0 aromatic carbocycles. The maximum atomic E-state index is 12.7. The van der Waals surface area contributed by atoms with E-state index < -0.39 is 29.7 Å². The Morgan fingerprint density at radius 1 is 0.636 bits per heavy atom. The number of carbonyl (C=O) groups excluding carboxylic acids is 2. The van der Waals surface area contributed by atoms with Gasteiger partial charge < -0.3 is 14.6 Å². The molecule has 33 heavy (non-hydrogen) atoms. The minimum atomic E-state index is -0.908. The van der Waals surface area contributed by atoms with Crippen molar-refractivity contribution >= 4 is 17.9 Å². The predicted octanol–water partition coefficient (Wildman–Crippen LogP) is 6.69. The van der Waals surface area contributed by atoms with Gasteiger partial charge in [-0.1, -0.05) is 90.9 Å². The summed E-state index contributed by atoms with van der Waals surface area (Å²) in [6, 6.07) is 0. The summed E-state index contributed by atoms with van der Waals surface area (Å²) < 4.78 is 10.9. The first-order valence-electron chi connectivity index (χ1n) is 13.6. The topological polar surface area (TPSA) is 89.9 Å². The summed E-state index contributed by atoms with van der Waals surface area (Å²) in [4.78, 5) is 36.9. The van der Waals surface area contributed by atoms with Crippen LogP contribution in [0.2, 0.25) is 0 Å². The van der Waals surface area contributed by atoms with E-state index in [2.05, 4.69) is 13.8 Å². The van der Waals surface area contributed by atoms with Crippen LogP contribution in [0.4, 0.5) is 0 Å². The third kappa shape index (κ3) is 13.0. The number of carboxylic acid groups (broad SMARTS) is 1. The van der Waals surface area contributed by atoms with Gasteiger partial charge in [-0.3, -0.25) is 14.4 Å². The Morgan fingerprint density at radius 3 is 1.52 bits per heavy atom. The number of aliphatic carboxylic acids is 1. The maximum absolute atomic E-state index is 12.7. The number of unbranched alkanes of at least 4 members (excludes halogenated alkanes) is 12. The lowest BCUT2D eigenvalue weighted by molar-refractivity contribution is -0.166. The first-order valence-corrected chi connectivity index (χ1v) is 13.6. The summed E-state index contributed by atoms with van der Waals surface area (Å²) in [6.45, 7) is 5.09. The summed E-state index contributed by atoms with van der Waals surface area (Å²) >= 11 is 0. The van der Waals surface area contributed by atoms with Gasteiger partial charge in [0.05, 0.1) is 31.0 Å². The van der Waals surface area contributed by atoms with Gasteiger partial charge in [0, 0.05) is 0 Å². The summed E-state index contributed by atoms with van der Waals surface area (Å²) in [5, 5.41) is 9.41. The summed E-state index contributed by atoms with van der Waals surface area (Å²) in [7, 11) is 0. The highest BCUT2D eigenvalue weighted by atomic mass is 16.5. The van der Waals surface area contributed by atoms with Crippen molar-refractivity contribution in [1.29, 1.82) is 0 Å². The van der Waals surface area contributed by atoms with Crippen molar-refractivity contribution in [3.63, 3.8) is 0 Å². The van der Waals surface area contributed by atoms with Gasteiger partial charge in [-0.25, -0.2) is 0 Å². The molecule has 0 saturated heterocycles. The molecule has 0 aromatic rings. The molecule has 6 nitrogen and oxygen atoms in total. The summed E-state index contributed by atoms with van der Waals surface area (Å²) in [5.74, 6) is -3.63. The van der Waals surface area contributed by atoms with Crippen molar-refractivity contribution in [1.82, 2.24) is 0 Å². The molecular formula is C27H48O6. The van der Waals surface area contributed by atoms with E-state index in [-0.39, 0.29) is 12.4 Å². The highest BCUT2D eigenvalue weighted by molar-refractivity contribution is 5.83. The first-order chi connectivity index (χ1) is 16.0. The molecule has 0 spiro atoms. The van der Waals surface area contributed by atoms with E-state index in [1.54, 1.807) is 0 Å². The van der Waals surface area contributed by atoms with Gasteiger partial charge in [0.25, 0.3) is 0 Å². The fourth-order valence-corrected chi connectivity index (χ4v) is 4.62. The van der Waals surface area contributed by atoms with Crippen LogP contribution in [0.5, 0.6) is 0 Å². The smallest absolute Gasteiger partial charge is 0.309 e. The average Bonchev–Trinajstić information content (AvgIpc) is 2.81. The molecule has 3 unspecified atom stereocenters. The van der Waals surface area contributed by atoms with Crippen molar-refractivity contribution in [2.24, 2.45) is 17.8 Å². The monoisotopic (exact) mass is 468 g/mol. The van der Waals surface area contributed by atoms with Crippen LogP contribution >= 0.6 is 0 Å². The number of carbonyl (C=O) groups is 3. The quantitative estimate of drug-likeness (QED) is 0.168. The van der Waals surface area contributed by atoms with Crippen LogP contribution in [0.25, 0.3) is 0 Å². The number of hydrogen-bond donors (Lipinski definition) is 1. The molecule has 3 atom stereocenters. The highest BCUT2D eigenvalue weighted by Gasteiger charge is 2.43. The molecule has 0 aromatic heterocycles. The van der Waals surface area contributed by atoms with Crippen LogP contribution in [0, 0.1) is 17.8 Å². The van der Waals surface area contributed by atoms with Gasteiger partial charge in [-0.05, 0) is 32.1 Å². The van der Waals surface area contributed by atoms with Crippen LogP contribution in [0.3, 0.4) is 0 Å². The van der Waals surface area contributed by atoms with Crippen molar-refractivity contribution in [3.05, 3.63) is 0 Å². The molecule has 0 aliphatic heterocycles. The second kappa shape index (κ2) is 18.8. The van der Waals surface area contributed by atoms with E-state index in [1.807, 2.05) is 0 Å².